The van der Waals surface area contributed by atoms with Gasteiger partial charge < -0.3 is 5.32 Å². The normalized spacial score (nSPS) is 15.6. The standard InChI is InChI=1S/C12H15FN2O/c1-2-8-7-14-11(6-10(8)13)12(16)15-9-4-3-5-9/h6-7,9H,2-5H2,1H3,(H,15,16). The number of aromatic nitrogens is 1. The van der Waals surface area contributed by atoms with Gasteiger partial charge in [-0.3, -0.25) is 9.78 Å². The monoisotopic (exact) mass is 222 g/mol. The average Bonchev–Trinajstić information content (AvgIpc) is 2.23. The Bertz CT molecular complexity index is 402. The lowest BCUT2D eigenvalue weighted by molar-refractivity contribution is 0.0911. The third-order valence-electron chi connectivity index (χ3n) is 2.98. The van der Waals surface area contributed by atoms with Crippen molar-refractivity contribution in [2.24, 2.45) is 0 Å². The Labute approximate surface area is 94.1 Å². The van der Waals surface area contributed by atoms with Gasteiger partial charge in [0.2, 0.25) is 0 Å². The molecule has 16 heavy (non-hydrogen) atoms. The molecule has 1 aromatic rings. The molecule has 0 radical (unpaired) electrons. The first kappa shape index (κ1) is 11.0. The van der Waals surface area contributed by atoms with Gasteiger partial charge in [0.25, 0.3) is 5.91 Å². The summed E-state index contributed by atoms with van der Waals surface area (Å²) in [5.41, 5.74) is 0.710. The van der Waals surface area contributed by atoms with Crippen molar-refractivity contribution in [3.05, 3.63) is 29.3 Å². The Kier molecular flexibility index (Phi) is 3.17. The highest BCUT2D eigenvalue weighted by Gasteiger charge is 2.21. The van der Waals surface area contributed by atoms with E-state index < -0.39 is 0 Å². The number of nitrogens with zero attached hydrogens (tertiary/aromatic N) is 1. The van der Waals surface area contributed by atoms with Crippen LogP contribution in [0.15, 0.2) is 12.3 Å². The molecular weight excluding hydrogens is 207 g/mol. The van der Waals surface area contributed by atoms with Crippen molar-refractivity contribution in [2.75, 3.05) is 0 Å². The van der Waals surface area contributed by atoms with E-state index in [1.54, 1.807) is 0 Å². The van der Waals surface area contributed by atoms with E-state index in [2.05, 4.69) is 10.3 Å². The third kappa shape index (κ3) is 2.21. The van der Waals surface area contributed by atoms with Crippen LogP contribution in [0.5, 0.6) is 0 Å². The van der Waals surface area contributed by atoms with E-state index in [0.29, 0.717) is 12.0 Å². The highest BCUT2D eigenvalue weighted by atomic mass is 19.1. The summed E-state index contributed by atoms with van der Waals surface area (Å²) < 4.78 is 13.4. The Morgan fingerprint density at radius 1 is 1.62 bits per heavy atom. The van der Waals surface area contributed by atoms with Crippen LogP contribution in [0.25, 0.3) is 0 Å². The summed E-state index contributed by atoms with van der Waals surface area (Å²) >= 11 is 0. The molecule has 0 unspecified atom stereocenters. The minimum absolute atomic E-state index is 0.168. The molecule has 0 atom stereocenters. The molecular formula is C12H15FN2O. The smallest absolute Gasteiger partial charge is 0.270 e. The zero-order valence-electron chi connectivity index (χ0n) is 9.29. The second-order valence-electron chi connectivity index (χ2n) is 4.12. The summed E-state index contributed by atoms with van der Waals surface area (Å²) in [5, 5.41) is 2.83. The molecule has 0 saturated heterocycles. The molecule has 1 aliphatic carbocycles. The quantitative estimate of drug-likeness (QED) is 0.850. The van der Waals surface area contributed by atoms with Crippen LogP contribution in [-0.2, 0) is 6.42 Å². The Balaban J connectivity index is 2.07. The fraction of sp³-hybridized carbons (Fsp3) is 0.500. The van der Waals surface area contributed by atoms with Crippen LogP contribution < -0.4 is 5.32 Å². The van der Waals surface area contributed by atoms with Gasteiger partial charge in [-0.2, -0.15) is 0 Å². The third-order valence-corrected chi connectivity index (χ3v) is 2.98. The van der Waals surface area contributed by atoms with Crippen molar-refractivity contribution >= 4 is 5.91 Å². The lowest BCUT2D eigenvalue weighted by Crippen LogP contribution is -2.39. The number of amides is 1. The maximum atomic E-state index is 13.4. The van der Waals surface area contributed by atoms with Gasteiger partial charge in [0.15, 0.2) is 0 Å². The topological polar surface area (TPSA) is 42.0 Å². The molecule has 86 valence electrons. The van der Waals surface area contributed by atoms with E-state index in [-0.39, 0.29) is 23.5 Å². The Morgan fingerprint density at radius 2 is 2.38 bits per heavy atom. The van der Waals surface area contributed by atoms with Gasteiger partial charge in [-0.25, -0.2) is 4.39 Å². The molecule has 0 aliphatic heterocycles. The zero-order valence-corrected chi connectivity index (χ0v) is 9.29. The summed E-state index contributed by atoms with van der Waals surface area (Å²) in [4.78, 5) is 15.6. The van der Waals surface area contributed by atoms with Crippen LogP contribution in [0.4, 0.5) is 4.39 Å². The van der Waals surface area contributed by atoms with E-state index in [9.17, 15) is 9.18 Å². The summed E-state index contributed by atoms with van der Waals surface area (Å²) in [6, 6.07) is 1.47. The van der Waals surface area contributed by atoms with Crippen LogP contribution in [-0.4, -0.2) is 16.9 Å². The van der Waals surface area contributed by atoms with E-state index in [0.717, 1.165) is 19.3 Å². The molecule has 1 aliphatic rings. The molecule has 1 saturated carbocycles. The number of aryl methyl sites for hydroxylation is 1. The number of hydrogen-bond donors (Lipinski definition) is 1. The van der Waals surface area contributed by atoms with Gasteiger partial charge in [0.1, 0.15) is 11.5 Å². The van der Waals surface area contributed by atoms with Crippen molar-refractivity contribution in [1.29, 1.82) is 0 Å². The van der Waals surface area contributed by atoms with E-state index in [1.807, 2.05) is 6.92 Å². The molecule has 2 rings (SSSR count). The molecule has 0 bridgehead atoms. The van der Waals surface area contributed by atoms with Crippen LogP contribution in [0.1, 0.15) is 42.2 Å². The van der Waals surface area contributed by atoms with Crippen molar-refractivity contribution in [3.8, 4) is 0 Å². The first-order valence-electron chi connectivity index (χ1n) is 5.66. The lowest BCUT2D eigenvalue weighted by Gasteiger charge is -2.26. The Morgan fingerprint density at radius 3 is 2.88 bits per heavy atom. The SMILES string of the molecule is CCc1cnc(C(=O)NC2CCC2)cc1F. The van der Waals surface area contributed by atoms with Gasteiger partial charge in [-0.15, -0.1) is 0 Å². The van der Waals surface area contributed by atoms with Crippen molar-refractivity contribution < 1.29 is 9.18 Å². The Hall–Kier alpha value is -1.45. The largest absolute Gasteiger partial charge is 0.348 e. The van der Waals surface area contributed by atoms with Crippen LogP contribution in [0.2, 0.25) is 0 Å². The molecule has 0 spiro atoms. The molecule has 1 fully saturated rings. The predicted octanol–water partition coefficient (Wildman–Crippen LogP) is 2.07. The number of carbonyl (C=O) groups excluding carboxylic acids is 1. The predicted molar refractivity (Wildman–Crippen MR) is 58.7 cm³/mol. The molecule has 1 heterocycles. The highest BCUT2D eigenvalue weighted by Crippen LogP contribution is 2.18. The summed E-state index contributed by atoms with van der Waals surface area (Å²) in [5.74, 6) is -0.623. The number of carbonyl (C=O) groups is 1. The van der Waals surface area contributed by atoms with Crippen LogP contribution in [0.3, 0.4) is 0 Å². The molecule has 3 nitrogen and oxygen atoms in total. The van der Waals surface area contributed by atoms with Crippen LogP contribution >= 0.6 is 0 Å². The lowest BCUT2D eigenvalue weighted by atomic mass is 9.93. The van der Waals surface area contributed by atoms with Gasteiger partial charge in [0.05, 0.1) is 0 Å². The maximum absolute atomic E-state index is 13.4. The molecule has 0 aromatic carbocycles. The first-order valence-corrected chi connectivity index (χ1v) is 5.66. The summed E-state index contributed by atoms with van der Waals surface area (Å²) in [6.45, 7) is 1.86. The van der Waals surface area contributed by atoms with Gasteiger partial charge in [0, 0.05) is 23.9 Å². The minimum Gasteiger partial charge on any atom is -0.348 e. The molecule has 4 heteroatoms. The fourth-order valence-electron chi connectivity index (χ4n) is 1.66. The number of nitrogens with one attached hydrogen (secondary N) is 1. The molecule has 1 aromatic heterocycles. The highest BCUT2D eigenvalue weighted by molar-refractivity contribution is 5.92. The molecule has 1 N–H and O–H groups in total. The fourth-order valence-corrected chi connectivity index (χ4v) is 1.66. The number of halogens is 1. The molecule has 1 amide bonds. The van der Waals surface area contributed by atoms with Gasteiger partial charge >= 0.3 is 0 Å². The first-order chi connectivity index (χ1) is 7.70. The van der Waals surface area contributed by atoms with Gasteiger partial charge in [-0.05, 0) is 25.7 Å². The van der Waals surface area contributed by atoms with Crippen LogP contribution in [0, 0.1) is 5.82 Å². The number of hydrogen-bond acceptors (Lipinski definition) is 2. The maximum Gasteiger partial charge on any atom is 0.270 e. The van der Waals surface area contributed by atoms with Crippen molar-refractivity contribution in [3.63, 3.8) is 0 Å². The van der Waals surface area contributed by atoms with Crippen molar-refractivity contribution in [1.82, 2.24) is 10.3 Å². The van der Waals surface area contributed by atoms with Gasteiger partial charge in [-0.1, -0.05) is 6.92 Å². The number of rotatable bonds is 3. The second-order valence-corrected chi connectivity index (χ2v) is 4.12. The van der Waals surface area contributed by atoms with E-state index in [4.69, 9.17) is 0 Å². The average molecular weight is 222 g/mol. The zero-order chi connectivity index (χ0) is 11.5. The summed E-state index contributed by atoms with van der Waals surface area (Å²) in [6.07, 6.45) is 5.21. The summed E-state index contributed by atoms with van der Waals surface area (Å²) in [7, 11) is 0. The second kappa shape index (κ2) is 4.60. The van der Waals surface area contributed by atoms with E-state index in [1.165, 1.54) is 12.3 Å². The minimum atomic E-state index is -0.351. The number of pyridine rings is 1. The van der Waals surface area contributed by atoms with E-state index >= 15 is 0 Å². The van der Waals surface area contributed by atoms with Crippen molar-refractivity contribution in [2.45, 2.75) is 38.6 Å².